The first kappa shape index (κ1) is 13.0. The highest BCUT2D eigenvalue weighted by Gasteiger charge is 2.23. The first-order valence-electron chi connectivity index (χ1n) is 6.63. The van der Waals surface area contributed by atoms with Crippen LogP contribution in [0.25, 0.3) is 0 Å². The lowest BCUT2D eigenvalue weighted by Gasteiger charge is -2.15. The van der Waals surface area contributed by atoms with Crippen molar-refractivity contribution in [1.29, 1.82) is 0 Å². The zero-order valence-corrected chi connectivity index (χ0v) is 10.3. The molecule has 0 bridgehead atoms. The number of hydrogen-bond donors (Lipinski definition) is 0. The van der Waals surface area contributed by atoms with Gasteiger partial charge in [0.15, 0.2) is 0 Å². The lowest BCUT2D eigenvalue weighted by Crippen LogP contribution is -2.16. The molecule has 2 nitrogen and oxygen atoms in total. The van der Waals surface area contributed by atoms with Crippen molar-refractivity contribution < 1.29 is 9.78 Å². The Kier molecular flexibility index (Phi) is 7.03. The SMILES string of the molecule is CCCCCCCCC(C)C1CCOO1. The van der Waals surface area contributed by atoms with Crippen molar-refractivity contribution in [2.45, 2.75) is 71.3 Å². The average Bonchev–Trinajstić information content (AvgIpc) is 2.76. The summed E-state index contributed by atoms with van der Waals surface area (Å²) < 4.78 is 0. The van der Waals surface area contributed by atoms with E-state index in [9.17, 15) is 0 Å². The quantitative estimate of drug-likeness (QED) is 0.447. The number of unbranched alkanes of at least 4 members (excludes halogenated alkanes) is 5. The second kappa shape index (κ2) is 8.12. The molecule has 0 radical (unpaired) electrons. The smallest absolute Gasteiger partial charge is 0.0978 e. The van der Waals surface area contributed by atoms with E-state index >= 15 is 0 Å². The van der Waals surface area contributed by atoms with Gasteiger partial charge in [0.05, 0.1) is 12.7 Å². The van der Waals surface area contributed by atoms with Crippen LogP contribution in [0.3, 0.4) is 0 Å². The fraction of sp³-hybridized carbons (Fsp3) is 1.00. The van der Waals surface area contributed by atoms with Crippen LogP contribution in [-0.2, 0) is 9.78 Å². The average molecular weight is 214 g/mol. The summed E-state index contributed by atoms with van der Waals surface area (Å²) in [5.41, 5.74) is 0. The topological polar surface area (TPSA) is 18.5 Å². The van der Waals surface area contributed by atoms with Gasteiger partial charge in [-0.25, -0.2) is 9.78 Å². The summed E-state index contributed by atoms with van der Waals surface area (Å²) in [4.78, 5) is 10.1. The predicted molar refractivity (Wildman–Crippen MR) is 62.6 cm³/mol. The molecule has 1 aliphatic rings. The van der Waals surface area contributed by atoms with Crippen molar-refractivity contribution in [3.63, 3.8) is 0 Å². The summed E-state index contributed by atoms with van der Waals surface area (Å²) >= 11 is 0. The molecule has 1 saturated heterocycles. The molecular formula is C13H26O2. The van der Waals surface area contributed by atoms with Gasteiger partial charge in [0, 0.05) is 6.42 Å². The molecule has 0 N–H and O–H groups in total. The molecule has 0 spiro atoms. The van der Waals surface area contributed by atoms with E-state index in [-0.39, 0.29) is 0 Å². The van der Waals surface area contributed by atoms with Crippen molar-refractivity contribution in [1.82, 2.24) is 0 Å². The van der Waals surface area contributed by atoms with Gasteiger partial charge in [-0.1, -0.05) is 52.4 Å². The van der Waals surface area contributed by atoms with Crippen LogP contribution in [0.1, 0.15) is 65.2 Å². The van der Waals surface area contributed by atoms with Gasteiger partial charge in [-0.3, -0.25) is 0 Å². The minimum Gasteiger partial charge on any atom is -0.236 e. The molecule has 0 amide bonds. The molecule has 1 fully saturated rings. The summed E-state index contributed by atoms with van der Waals surface area (Å²) in [6.45, 7) is 5.33. The lowest BCUT2D eigenvalue weighted by atomic mass is 9.95. The highest BCUT2D eigenvalue weighted by Crippen LogP contribution is 2.22. The van der Waals surface area contributed by atoms with E-state index in [4.69, 9.17) is 9.78 Å². The van der Waals surface area contributed by atoms with E-state index in [0.717, 1.165) is 13.0 Å². The molecule has 1 rings (SSSR count). The molecule has 15 heavy (non-hydrogen) atoms. The van der Waals surface area contributed by atoms with Crippen LogP contribution in [0.2, 0.25) is 0 Å². The van der Waals surface area contributed by atoms with Crippen molar-refractivity contribution in [2.24, 2.45) is 5.92 Å². The predicted octanol–water partition coefficient (Wildman–Crippen LogP) is 4.09. The third-order valence-corrected chi connectivity index (χ3v) is 3.33. The van der Waals surface area contributed by atoms with E-state index in [1.165, 1.54) is 44.9 Å². The largest absolute Gasteiger partial charge is 0.236 e. The Morgan fingerprint density at radius 2 is 1.87 bits per heavy atom. The Bertz CT molecular complexity index is 141. The maximum Gasteiger partial charge on any atom is 0.0978 e. The lowest BCUT2D eigenvalue weighted by molar-refractivity contribution is -0.282. The highest BCUT2D eigenvalue weighted by molar-refractivity contribution is 4.67. The van der Waals surface area contributed by atoms with Crippen LogP contribution in [0.4, 0.5) is 0 Å². The second-order valence-corrected chi connectivity index (χ2v) is 4.78. The minimum absolute atomic E-state index is 0.362. The molecule has 2 heteroatoms. The standard InChI is InChI=1S/C13H26O2/c1-3-4-5-6-7-8-9-12(2)13-10-11-14-15-13/h12-13H,3-11H2,1-2H3. The third kappa shape index (κ3) is 5.53. The molecule has 0 saturated carbocycles. The van der Waals surface area contributed by atoms with E-state index in [0.29, 0.717) is 12.0 Å². The molecule has 90 valence electrons. The Morgan fingerprint density at radius 1 is 1.13 bits per heavy atom. The molecular weight excluding hydrogens is 188 g/mol. The summed E-state index contributed by atoms with van der Waals surface area (Å²) in [7, 11) is 0. The first-order valence-corrected chi connectivity index (χ1v) is 6.63. The maximum atomic E-state index is 5.21. The maximum absolute atomic E-state index is 5.21. The molecule has 0 aliphatic carbocycles. The molecule has 1 aliphatic heterocycles. The molecule has 0 aromatic rings. The van der Waals surface area contributed by atoms with Gasteiger partial charge in [-0.05, 0) is 12.3 Å². The van der Waals surface area contributed by atoms with Crippen LogP contribution >= 0.6 is 0 Å². The monoisotopic (exact) mass is 214 g/mol. The van der Waals surface area contributed by atoms with Crippen LogP contribution in [-0.4, -0.2) is 12.7 Å². The van der Waals surface area contributed by atoms with Gasteiger partial charge in [0.2, 0.25) is 0 Å². The van der Waals surface area contributed by atoms with E-state index in [1.807, 2.05) is 0 Å². The van der Waals surface area contributed by atoms with E-state index in [1.54, 1.807) is 0 Å². The van der Waals surface area contributed by atoms with Gasteiger partial charge in [-0.15, -0.1) is 0 Å². The van der Waals surface area contributed by atoms with Crippen molar-refractivity contribution in [3.05, 3.63) is 0 Å². The van der Waals surface area contributed by atoms with Gasteiger partial charge < -0.3 is 0 Å². The van der Waals surface area contributed by atoms with Crippen molar-refractivity contribution >= 4 is 0 Å². The van der Waals surface area contributed by atoms with Gasteiger partial charge >= 0.3 is 0 Å². The Morgan fingerprint density at radius 3 is 2.53 bits per heavy atom. The first-order chi connectivity index (χ1) is 7.34. The fourth-order valence-corrected chi connectivity index (χ4v) is 2.16. The van der Waals surface area contributed by atoms with Gasteiger partial charge in [0.25, 0.3) is 0 Å². The molecule has 2 unspecified atom stereocenters. The summed E-state index contributed by atoms with van der Waals surface area (Å²) in [5, 5.41) is 0. The zero-order chi connectivity index (χ0) is 10.9. The Hall–Kier alpha value is -0.0800. The van der Waals surface area contributed by atoms with Gasteiger partial charge in [0.1, 0.15) is 0 Å². The molecule has 2 atom stereocenters. The van der Waals surface area contributed by atoms with Crippen LogP contribution < -0.4 is 0 Å². The number of rotatable bonds is 8. The van der Waals surface area contributed by atoms with Crippen LogP contribution in [0.15, 0.2) is 0 Å². The summed E-state index contributed by atoms with van der Waals surface area (Å²) in [6, 6.07) is 0. The third-order valence-electron chi connectivity index (χ3n) is 3.33. The zero-order valence-electron chi connectivity index (χ0n) is 10.3. The molecule has 0 aromatic carbocycles. The minimum atomic E-state index is 0.362. The van der Waals surface area contributed by atoms with Gasteiger partial charge in [-0.2, -0.15) is 0 Å². The van der Waals surface area contributed by atoms with E-state index < -0.39 is 0 Å². The fourth-order valence-electron chi connectivity index (χ4n) is 2.16. The highest BCUT2D eigenvalue weighted by atomic mass is 17.2. The second-order valence-electron chi connectivity index (χ2n) is 4.78. The van der Waals surface area contributed by atoms with Crippen LogP contribution in [0, 0.1) is 5.92 Å². The van der Waals surface area contributed by atoms with Crippen LogP contribution in [0.5, 0.6) is 0 Å². The molecule has 1 heterocycles. The molecule has 0 aromatic heterocycles. The van der Waals surface area contributed by atoms with Crippen molar-refractivity contribution in [3.8, 4) is 0 Å². The normalized spacial score (nSPS) is 23.2. The Labute approximate surface area is 94.3 Å². The number of hydrogen-bond acceptors (Lipinski definition) is 2. The Balaban J connectivity index is 1.90. The van der Waals surface area contributed by atoms with E-state index in [2.05, 4.69) is 13.8 Å². The van der Waals surface area contributed by atoms with Crippen molar-refractivity contribution in [2.75, 3.05) is 6.61 Å². The summed E-state index contributed by atoms with van der Waals surface area (Å²) in [5.74, 6) is 0.665. The summed E-state index contributed by atoms with van der Waals surface area (Å²) in [6.07, 6.45) is 11.0.